The fourth-order valence-corrected chi connectivity index (χ4v) is 2.67. The Labute approximate surface area is 147 Å². The van der Waals surface area contributed by atoms with Gasteiger partial charge in [0.2, 0.25) is 0 Å². The van der Waals surface area contributed by atoms with Crippen LogP contribution in [-0.4, -0.2) is 22.9 Å². The SMILES string of the molecule is CNC(=S)N/N=C\c1cn(Cc2ccc(C)cc2)c2ccccc12. The summed E-state index contributed by atoms with van der Waals surface area (Å²) < 4.78 is 2.25. The summed E-state index contributed by atoms with van der Waals surface area (Å²) in [6.45, 7) is 2.93. The summed E-state index contributed by atoms with van der Waals surface area (Å²) in [6.07, 6.45) is 3.93. The van der Waals surface area contributed by atoms with Crippen LogP contribution in [0, 0.1) is 6.92 Å². The van der Waals surface area contributed by atoms with Gasteiger partial charge in [-0.25, -0.2) is 0 Å². The highest BCUT2D eigenvalue weighted by atomic mass is 32.1. The van der Waals surface area contributed by atoms with Gasteiger partial charge in [-0.05, 0) is 30.8 Å². The minimum absolute atomic E-state index is 0.495. The molecular weight excluding hydrogens is 316 g/mol. The molecule has 3 aromatic rings. The van der Waals surface area contributed by atoms with Crippen molar-refractivity contribution in [2.75, 3.05) is 7.05 Å². The summed E-state index contributed by atoms with van der Waals surface area (Å²) in [5.41, 5.74) is 7.59. The van der Waals surface area contributed by atoms with E-state index in [4.69, 9.17) is 12.2 Å². The molecule has 2 aromatic carbocycles. The molecule has 0 atom stereocenters. The van der Waals surface area contributed by atoms with Crippen molar-refractivity contribution in [2.24, 2.45) is 5.10 Å². The average molecular weight is 336 g/mol. The van der Waals surface area contributed by atoms with E-state index in [-0.39, 0.29) is 0 Å². The van der Waals surface area contributed by atoms with Crippen LogP contribution in [0.3, 0.4) is 0 Å². The Balaban J connectivity index is 1.91. The Hall–Kier alpha value is -2.66. The molecular formula is C19H20N4S. The second-order valence-electron chi connectivity index (χ2n) is 5.66. The van der Waals surface area contributed by atoms with E-state index in [1.165, 1.54) is 22.0 Å². The second kappa shape index (κ2) is 7.27. The largest absolute Gasteiger partial charge is 0.364 e. The summed E-state index contributed by atoms with van der Waals surface area (Å²) >= 11 is 5.03. The number of aryl methyl sites for hydroxylation is 1. The molecule has 24 heavy (non-hydrogen) atoms. The van der Waals surface area contributed by atoms with Gasteiger partial charge >= 0.3 is 0 Å². The Kier molecular flexibility index (Phi) is 4.91. The molecule has 0 bridgehead atoms. The number of nitrogens with one attached hydrogen (secondary N) is 2. The molecule has 5 heteroatoms. The van der Waals surface area contributed by atoms with E-state index in [0.29, 0.717) is 5.11 Å². The molecule has 0 aliphatic heterocycles. The number of aromatic nitrogens is 1. The highest BCUT2D eigenvalue weighted by molar-refractivity contribution is 7.80. The van der Waals surface area contributed by atoms with Crippen LogP contribution in [0.25, 0.3) is 10.9 Å². The first-order chi connectivity index (χ1) is 11.7. The average Bonchev–Trinajstić information content (AvgIpc) is 2.95. The van der Waals surface area contributed by atoms with Crippen LogP contribution >= 0.6 is 12.2 Å². The zero-order chi connectivity index (χ0) is 16.9. The second-order valence-corrected chi connectivity index (χ2v) is 6.07. The third-order valence-electron chi connectivity index (χ3n) is 3.89. The molecule has 0 fully saturated rings. The molecule has 4 nitrogen and oxygen atoms in total. The standard InChI is InChI=1S/C19H20N4S/c1-14-7-9-15(10-8-14)12-23-13-16(11-21-22-19(24)20-2)17-5-3-4-6-18(17)23/h3-11,13H,12H2,1-2H3,(H2,20,22,24)/b21-11-. The number of nitrogens with zero attached hydrogens (tertiary/aromatic N) is 2. The number of rotatable bonds is 4. The van der Waals surface area contributed by atoms with E-state index < -0.39 is 0 Å². The number of hydrogen-bond donors (Lipinski definition) is 2. The Morgan fingerprint density at radius 3 is 2.67 bits per heavy atom. The molecule has 0 aliphatic carbocycles. The summed E-state index contributed by atoms with van der Waals surface area (Å²) in [7, 11) is 1.76. The van der Waals surface area contributed by atoms with Gasteiger partial charge in [0.1, 0.15) is 0 Å². The van der Waals surface area contributed by atoms with Crippen LogP contribution in [-0.2, 0) is 6.54 Å². The number of para-hydroxylation sites is 1. The fourth-order valence-electron chi connectivity index (χ4n) is 2.62. The van der Waals surface area contributed by atoms with Gasteiger partial charge in [0, 0.05) is 36.3 Å². The third kappa shape index (κ3) is 3.63. The molecule has 0 amide bonds. The minimum atomic E-state index is 0.495. The van der Waals surface area contributed by atoms with Crippen molar-refractivity contribution < 1.29 is 0 Å². The lowest BCUT2D eigenvalue weighted by Gasteiger charge is -2.06. The van der Waals surface area contributed by atoms with E-state index in [9.17, 15) is 0 Å². The first-order valence-electron chi connectivity index (χ1n) is 7.81. The van der Waals surface area contributed by atoms with Gasteiger partial charge in [-0.2, -0.15) is 5.10 Å². The van der Waals surface area contributed by atoms with Gasteiger partial charge < -0.3 is 9.88 Å². The van der Waals surface area contributed by atoms with Gasteiger partial charge in [0.05, 0.1) is 6.21 Å². The van der Waals surface area contributed by atoms with Gasteiger partial charge in [-0.3, -0.25) is 5.43 Å². The maximum atomic E-state index is 5.03. The summed E-state index contributed by atoms with van der Waals surface area (Å²) in [5, 5.41) is 8.70. The Morgan fingerprint density at radius 1 is 1.17 bits per heavy atom. The van der Waals surface area contributed by atoms with Crippen LogP contribution in [0.4, 0.5) is 0 Å². The Bertz CT molecular complexity index is 878. The van der Waals surface area contributed by atoms with Crippen molar-refractivity contribution in [2.45, 2.75) is 13.5 Å². The minimum Gasteiger partial charge on any atom is -0.364 e. The number of hydrazone groups is 1. The van der Waals surface area contributed by atoms with E-state index in [1.807, 2.05) is 6.07 Å². The Morgan fingerprint density at radius 2 is 1.92 bits per heavy atom. The van der Waals surface area contributed by atoms with Crippen molar-refractivity contribution >= 4 is 34.4 Å². The highest BCUT2D eigenvalue weighted by Gasteiger charge is 2.07. The molecule has 122 valence electrons. The first-order valence-corrected chi connectivity index (χ1v) is 8.22. The number of benzene rings is 2. The molecule has 1 heterocycles. The molecule has 2 N–H and O–H groups in total. The van der Waals surface area contributed by atoms with Crippen LogP contribution in [0.2, 0.25) is 0 Å². The zero-order valence-electron chi connectivity index (χ0n) is 13.8. The molecule has 0 aliphatic rings. The van der Waals surface area contributed by atoms with Crippen molar-refractivity contribution in [3.63, 3.8) is 0 Å². The van der Waals surface area contributed by atoms with Crippen molar-refractivity contribution in [1.82, 2.24) is 15.3 Å². The van der Waals surface area contributed by atoms with Crippen LogP contribution in [0.15, 0.2) is 59.8 Å². The quantitative estimate of drug-likeness (QED) is 0.436. The molecule has 0 unspecified atom stereocenters. The van der Waals surface area contributed by atoms with Gasteiger partial charge in [0.25, 0.3) is 0 Å². The molecule has 0 saturated heterocycles. The smallest absolute Gasteiger partial charge is 0.186 e. The maximum Gasteiger partial charge on any atom is 0.186 e. The molecule has 1 aromatic heterocycles. The van der Waals surface area contributed by atoms with Gasteiger partial charge in [-0.1, -0.05) is 48.0 Å². The first kappa shape index (κ1) is 16.2. The number of fused-ring (bicyclic) bond motifs is 1. The zero-order valence-corrected chi connectivity index (χ0v) is 14.6. The maximum absolute atomic E-state index is 5.03. The third-order valence-corrected chi connectivity index (χ3v) is 4.19. The normalized spacial score (nSPS) is 11.1. The van der Waals surface area contributed by atoms with E-state index >= 15 is 0 Å². The lowest BCUT2D eigenvalue weighted by molar-refractivity contribution is 0.836. The number of thiocarbonyl (C=S) groups is 1. The lowest BCUT2D eigenvalue weighted by Crippen LogP contribution is -2.28. The van der Waals surface area contributed by atoms with Crippen molar-refractivity contribution in [1.29, 1.82) is 0 Å². The van der Waals surface area contributed by atoms with Gasteiger partial charge in [-0.15, -0.1) is 0 Å². The van der Waals surface area contributed by atoms with Gasteiger partial charge in [0.15, 0.2) is 5.11 Å². The molecule has 0 spiro atoms. The summed E-state index contributed by atoms with van der Waals surface area (Å²) in [4.78, 5) is 0. The highest BCUT2D eigenvalue weighted by Crippen LogP contribution is 2.21. The van der Waals surface area contributed by atoms with Crippen LogP contribution in [0.1, 0.15) is 16.7 Å². The fraction of sp³-hybridized carbons (Fsp3) is 0.158. The van der Waals surface area contributed by atoms with E-state index in [0.717, 1.165) is 12.1 Å². The number of hydrogen-bond acceptors (Lipinski definition) is 2. The summed E-state index contributed by atoms with van der Waals surface area (Å²) in [6, 6.07) is 17.0. The van der Waals surface area contributed by atoms with Crippen LogP contribution < -0.4 is 10.7 Å². The monoisotopic (exact) mass is 336 g/mol. The molecule has 0 radical (unpaired) electrons. The van der Waals surface area contributed by atoms with E-state index in [2.05, 4.69) is 76.0 Å². The van der Waals surface area contributed by atoms with E-state index in [1.54, 1.807) is 13.3 Å². The predicted molar refractivity (Wildman–Crippen MR) is 105 cm³/mol. The predicted octanol–water partition coefficient (Wildman–Crippen LogP) is 3.43. The summed E-state index contributed by atoms with van der Waals surface area (Å²) in [5.74, 6) is 0. The van der Waals surface area contributed by atoms with Crippen LogP contribution in [0.5, 0.6) is 0 Å². The lowest BCUT2D eigenvalue weighted by atomic mass is 10.1. The topological polar surface area (TPSA) is 41.4 Å². The van der Waals surface area contributed by atoms with Crippen molar-refractivity contribution in [3.8, 4) is 0 Å². The van der Waals surface area contributed by atoms with Crippen molar-refractivity contribution in [3.05, 3.63) is 71.4 Å². The molecule has 3 rings (SSSR count). The molecule has 0 saturated carbocycles.